The Labute approximate surface area is 115 Å². The fourth-order valence-electron chi connectivity index (χ4n) is 3.13. The summed E-state index contributed by atoms with van der Waals surface area (Å²) >= 11 is 0. The molecule has 0 bridgehead atoms. The first-order valence-electron chi connectivity index (χ1n) is 7.28. The van der Waals surface area contributed by atoms with Crippen molar-refractivity contribution < 1.29 is 9.59 Å². The Morgan fingerprint density at radius 1 is 1.32 bits per heavy atom. The number of likely N-dealkylation sites (tertiary alicyclic amines) is 1. The normalized spacial score (nSPS) is 29.1. The summed E-state index contributed by atoms with van der Waals surface area (Å²) in [7, 11) is 0. The van der Waals surface area contributed by atoms with Gasteiger partial charge in [-0.25, -0.2) is 0 Å². The molecule has 108 valence electrons. The minimum atomic E-state index is -0.237. The van der Waals surface area contributed by atoms with Crippen molar-refractivity contribution in [3.05, 3.63) is 0 Å². The Morgan fingerprint density at radius 2 is 2.00 bits per heavy atom. The maximum atomic E-state index is 12.6. The molecule has 2 rings (SSSR count). The van der Waals surface area contributed by atoms with Gasteiger partial charge in [0, 0.05) is 32.6 Å². The summed E-state index contributed by atoms with van der Waals surface area (Å²) in [6.07, 6.45) is 3.79. The van der Waals surface area contributed by atoms with Crippen LogP contribution in [-0.4, -0.2) is 48.9 Å². The zero-order chi connectivity index (χ0) is 13.9. The fraction of sp³-hybridized carbons (Fsp3) is 0.857. The lowest BCUT2D eigenvalue weighted by Crippen LogP contribution is -2.54. The van der Waals surface area contributed by atoms with E-state index in [-0.39, 0.29) is 23.3 Å². The molecule has 2 amide bonds. The van der Waals surface area contributed by atoms with Crippen LogP contribution in [0.1, 0.15) is 39.5 Å². The van der Waals surface area contributed by atoms with Crippen LogP contribution in [0.4, 0.5) is 0 Å². The van der Waals surface area contributed by atoms with Crippen molar-refractivity contribution in [1.29, 1.82) is 0 Å². The van der Waals surface area contributed by atoms with Gasteiger partial charge in [-0.2, -0.15) is 0 Å². The van der Waals surface area contributed by atoms with E-state index in [0.717, 1.165) is 51.9 Å². The number of piperidine rings is 2. The second-order valence-corrected chi connectivity index (χ2v) is 6.11. The third-order valence-corrected chi connectivity index (χ3v) is 4.30. The molecule has 0 saturated carbocycles. The molecule has 2 saturated heterocycles. The summed E-state index contributed by atoms with van der Waals surface area (Å²) in [6.45, 7) is 6.96. The molecule has 0 spiro atoms. The number of nitrogens with one attached hydrogen (secondary N) is 2. The minimum absolute atomic E-state index is 0.0215. The predicted molar refractivity (Wildman–Crippen MR) is 73.6 cm³/mol. The highest BCUT2D eigenvalue weighted by molar-refractivity contribution is 5.83. The summed E-state index contributed by atoms with van der Waals surface area (Å²) in [5.74, 6) is 0.300. The molecule has 2 fully saturated rings. The third-order valence-electron chi connectivity index (χ3n) is 4.30. The standard InChI is InChI=1S/C14H25N3O2/c1-11(18)16-12-4-8-17(9-5-12)13(19)14(2)6-3-7-15-10-14/h12,15H,3-10H2,1-2H3,(H,16,18). The Bertz CT molecular complexity index is 343. The van der Waals surface area contributed by atoms with Crippen LogP contribution >= 0.6 is 0 Å². The van der Waals surface area contributed by atoms with Gasteiger partial charge in [0.15, 0.2) is 0 Å². The summed E-state index contributed by atoms with van der Waals surface area (Å²) in [5, 5.41) is 6.27. The number of hydrogen-bond acceptors (Lipinski definition) is 3. The lowest BCUT2D eigenvalue weighted by molar-refractivity contribution is -0.143. The van der Waals surface area contributed by atoms with Gasteiger partial charge >= 0.3 is 0 Å². The summed E-state index contributed by atoms with van der Waals surface area (Å²) < 4.78 is 0. The highest BCUT2D eigenvalue weighted by Gasteiger charge is 2.38. The molecule has 5 nitrogen and oxygen atoms in total. The van der Waals surface area contributed by atoms with Crippen LogP contribution in [0.2, 0.25) is 0 Å². The maximum absolute atomic E-state index is 12.6. The van der Waals surface area contributed by atoms with E-state index in [0.29, 0.717) is 0 Å². The van der Waals surface area contributed by atoms with E-state index in [2.05, 4.69) is 17.6 Å². The van der Waals surface area contributed by atoms with E-state index < -0.39 is 0 Å². The third kappa shape index (κ3) is 3.47. The monoisotopic (exact) mass is 267 g/mol. The van der Waals surface area contributed by atoms with Gasteiger partial charge in [-0.05, 0) is 39.2 Å². The van der Waals surface area contributed by atoms with E-state index in [1.54, 1.807) is 6.92 Å². The lowest BCUT2D eigenvalue weighted by Gasteiger charge is -2.40. The molecule has 0 aliphatic carbocycles. The molecule has 19 heavy (non-hydrogen) atoms. The van der Waals surface area contributed by atoms with Gasteiger partial charge in [-0.15, -0.1) is 0 Å². The minimum Gasteiger partial charge on any atom is -0.353 e. The quantitative estimate of drug-likeness (QED) is 0.766. The van der Waals surface area contributed by atoms with Crippen LogP contribution in [0.15, 0.2) is 0 Å². The second kappa shape index (κ2) is 5.90. The van der Waals surface area contributed by atoms with Crippen LogP contribution in [-0.2, 0) is 9.59 Å². The van der Waals surface area contributed by atoms with Gasteiger partial charge in [-0.1, -0.05) is 0 Å². The van der Waals surface area contributed by atoms with Gasteiger partial charge in [-0.3, -0.25) is 9.59 Å². The molecular weight excluding hydrogens is 242 g/mol. The van der Waals surface area contributed by atoms with E-state index in [1.807, 2.05) is 4.90 Å². The molecule has 1 unspecified atom stereocenters. The number of nitrogens with zero attached hydrogens (tertiary/aromatic N) is 1. The topological polar surface area (TPSA) is 61.4 Å². The van der Waals surface area contributed by atoms with Gasteiger partial charge in [0.05, 0.1) is 5.41 Å². The van der Waals surface area contributed by atoms with Crippen LogP contribution in [0.5, 0.6) is 0 Å². The van der Waals surface area contributed by atoms with Crippen LogP contribution in [0.3, 0.4) is 0 Å². The molecule has 0 aromatic rings. The first-order chi connectivity index (χ1) is 9.01. The Morgan fingerprint density at radius 3 is 2.53 bits per heavy atom. The van der Waals surface area contributed by atoms with E-state index in [4.69, 9.17) is 0 Å². The molecule has 0 radical (unpaired) electrons. The van der Waals surface area contributed by atoms with Crippen molar-refractivity contribution in [1.82, 2.24) is 15.5 Å². The Kier molecular flexibility index (Phi) is 4.45. The molecule has 2 aliphatic rings. The van der Waals surface area contributed by atoms with E-state index in [1.165, 1.54) is 0 Å². The molecule has 2 N–H and O–H groups in total. The van der Waals surface area contributed by atoms with Gasteiger partial charge in [0.2, 0.25) is 11.8 Å². The maximum Gasteiger partial charge on any atom is 0.229 e. The smallest absolute Gasteiger partial charge is 0.229 e. The largest absolute Gasteiger partial charge is 0.353 e. The summed E-state index contributed by atoms with van der Waals surface area (Å²) in [5.41, 5.74) is -0.237. The molecule has 5 heteroatoms. The van der Waals surface area contributed by atoms with Crippen molar-refractivity contribution in [2.24, 2.45) is 5.41 Å². The predicted octanol–water partition coefficient (Wildman–Crippen LogP) is 0.503. The zero-order valence-corrected chi connectivity index (χ0v) is 12.0. The van der Waals surface area contributed by atoms with Crippen molar-refractivity contribution in [2.45, 2.75) is 45.6 Å². The summed E-state index contributed by atoms with van der Waals surface area (Å²) in [6, 6.07) is 0.235. The second-order valence-electron chi connectivity index (χ2n) is 6.11. The van der Waals surface area contributed by atoms with Crippen molar-refractivity contribution in [3.8, 4) is 0 Å². The van der Waals surface area contributed by atoms with E-state index in [9.17, 15) is 9.59 Å². The van der Waals surface area contributed by atoms with Crippen molar-refractivity contribution in [2.75, 3.05) is 26.2 Å². The highest BCUT2D eigenvalue weighted by atomic mass is 16.2. The zero-order valence-electron chi connectivity index (χ0n) is 12.0. The fourth-order valence-corrected chi connectivity index (χ4v) is 3.13. The van der Waals surface area contributed by atoms with Gasteiger partial charge in [0.25, 0.3) is 0 Å². The number of hydrogen-bond donors (Lipinski definition) is 2. The number of carbonyl (C=O) groups is 2. The molecule has 2 heterocycles. The average Bonchev–Trinajstić information content (AvgIpc) is 2.39. The van der Waals surface area contributed by atoms with Crippen LogP contribution in [0, 0.1) is 5.41 Å². The average molecular weight is 267 g/mol. The molecule has 2 aliphatic heterocycles. The number of carbonyl (C=O) groups excluding carboxylic acids is 2. The number of rotatable bonds is 2. The molecular formula is C14H25N3O2. The van der Waals surface area contributed by atoms with E-state index >= 15 is 0 Å². The Balaban J connectivity index is 1.86. The lowest BCUT2D eigenvalue weighted by atomic mass is 9.81. The molecule has 0 aromatic carbocycles. The SMILES string of the molecule is CC(=O)NC1CCN(C(=O)C2(C)CCCNC2)CC1. The Hall–Kier alpha value is -1.10. The molecule has 0 aromatic heterocycles. The first-order valence-corrected chi connectivity index (χ1v) is 7.28. The first kappa shape index (κ1) is 14.3. The van der Waals surface area contributed by atoms with Gasteiger partial charge < -0.3 is 15.5 Å². The highest BCUT2D eigenvalue weighted by Crippen LogP contribution is 2.29. The van der Waals surface area contributed by atoms with Crippen molar-refractivity contribution >= 4 is 11.8 Å². The van der Waals surface area contributed by atoms with Crippen LogP contribution in [0.25, 0.3) is 0 Å². The van der Waals surface area contributed by atoms with Gasteiger partial charge in [0.1, 0.15) is 0 Å². The summed E-state index contributed by atoms with van der Waals surface area (Å²) in [4.78, 5) is 25.6. The molecule has 1 atom stereocenters. The number of amides is 2. The van der Waals surface area contributed by atoms with Crippen molar-refractivity contribution in [3.63, 3.8) is 0 Å². The van der Waals surface area contributed by atoms with Crippen LogP contribution < -0.4 is 10.6 Å².